The molecular weight excluding hydrogens is 803 g/mol. The number of unbranched alkanes of at least 4 members (excludes halogenated alkanes) is 9. The van der Waals surface area contributed by atoms with E-state index >= 15 is 0 Å². The van der Waals surface area contributed by atoms with E-state index in [2.05, 4.69) is 38.3 Å². The molecule has 4 aliphatic rings. The van der Waals surface area contributed by atoms with Crippen LogP contribution in [0.5, 0.6) is 0 Å². The molecule has 1 saturated heterocycles. The van der Waals surface area contributed by atoms with E-state index < -0.39 is 78.5 Å². The zero-order valence-corrected chi connectivity index (χ0v) is 39.8. The molecule has 4 rings (SSSR count). The normalized spacial score (nSPS) is 23.9. The minimum atomic E-state index is -1.36. The highest BCUT2D eigenvalue weighted by atomic mass is 16.7. The molecule has 0 aromatic carbocycles. The molecule has 1 heterocycles. The van der Waals surface area contributed by atoms with E-state index in [9.17, 15) is 38.7 Å². The Labute approximate surface area is 378 Å². The molecule has 15 heteroatoms. The quantitative estimate of drug-likeness (QED) is 0.0358. The largest absolute Gasteiger partial charge is 0.461 e. The molecule has 2 unspecified atom stereocenters. The van der Waals surface area contributed by atoms with Crippen molar-refractivity contribution in [2.75, 3.05) is 6.54 Å². The van der Waals surface area contributed by atoms with E-state index in [4.69, 9.17) is 20.8 Å². The molecule has 2 bridgehead atoms. The maximum Gasteiger partial charge on any atom is 0.461 e. The number of aliphatic hydroxyl groups is 1. The van der Waals surface area contributed by atoms with Crippen molar-refractivity contribution in [2.45, 2.75) is 225 Å². The lowest BCUT2D eigenvalue weighted by Gasteiger charge is -2.64. The lowest BCUT2D eigenvalue weighted by molar-refractivity contribution is -0.199. The molecule has 7 N–H and O–H groups in total. The maximum atomic E-state index is 13.6. The zero-order valence-electron chi connectivity index (χ0n) is 39.8. The summed E-state index contributed by atoms with van der Waals surface area (Å²) in [6, 6.07) is -2.60. The summed E-state index contributed by atoms with van der Waals surface area (Å²) in [5, 5.41) is 15.9. The molecule has 0 aromatic rings. The minimum absolute atomic E-state index is 0.0426. The summed E-state index contributed by atoms with van der Waals surface area (Å²) in [7, 11) is -0.624. The summed E-state index contributed by atoms with van der Waals surface area (Å²) in [5.74, 6) is -4.31. The van der Waals surface area contributed by atoms with Gasteiger partial charge >= 0.3 is 7.12 Å². The van der Waals surface area contributed by atoms with E-state index in [1.54, 1.807) is 0 Å². The molecule has 0 aromatic heterocycles. The van der Waals surface area contributed by atoms with Crippen molar-refractivity contribution >= 4 is 48.0 Å². The number of hydrogen-bond acceptors (Lipinski definition) is 11. The Balaban J connectivity index is 1.49. The highest BCUT2D eigenvalue weighted by molar-refractivity contribution is 6.47. The number of aliphatic hydroxyl groups excluding tert-OH is 1. The van der Waals surface area contributed by atoms with Gasteiger partial charge in [-0.1, -0.05) is 92.4 Å². The van der Waals surface area contributed by atoms with Crippen LogP contribution in [0.1, 0.15) is 190 Å². The molecule has 4 fully saturated rings. The Morgan fingerprint density at radius 3 is 1.95 bits per heavy atom. The Morgan fingerprint density at radius 1 is 0.730 bits per heavy atom. The van der Waals surface area contributed by atoms with E-state index in [1.807, 2.05) is 6.92 Å². The van der Waals surface area contributed by atoms with Gasteiger partial charge in [0.1, 0.15) is 17.6 Å². The van der Waals surface area contributed by atoms with Gasteiger partial charge in [-0.05, 0) is 82.0 Å². The van der Waals surface area contributed by atoms with Gasteiger partial charge in [0.25, 0.3) is 0 Å². The van der Waals surface area contributed by atoms with Gasteiger partial charge in [-0.15, -0.1) is 0 Å². The number of nitrogens with two attached hydrogens (primary N) is 2. The van der Waals surface area contributed by atoms with Crippen molar-refractivity contribution in [3.05, 3.63) is 0 Å². The summed E-state index contributed by atoms with van der Waals surface area (Å²) in [5.41, 5.74) is 10.9. The van der Waals surface area contributed by atoms with Crippen molar-refractivity contribution in [1.82, 2.24) is 10.6 Å². The molecule has 3 saturated carbocycles. The van der Waals surface area contributed by atoms with Crippen LogP contribution in [-0.2, 0) is 42.9 Å². The topological polar surface area (TPSA) is 234 Å². The Hall–Kier alpha value is -3.01. The molecule has 10 atom stereocenters. The number of carbonyl (C=O) groups excluding carboxylic acids is 7. The Morgan fingerprint density at radius 2 is 1.35 bits per heavy atom. The molecular formula is C48H83BN4O10. The molecule has 1 aliphatic heterocycles. The first-order valence-corrected chi connectivity index (χ1v) is 24.4. The van der Waals surface area contributed by atoms with Gasteiger partial charge in [0.15, 0.2) is 11.6 Å². The van der Waals surface area contributed by atoms with Crippen molar-refractivity contribution in [3.63, 3.8) is 0 Å². The van der Waals surface area contributed by atoms with Crippen LogP contribution in [0.25, 0.3) is 0 Å². The summed E-state index contributed by atoms with van der Waals surface area (Å²) in [4.78, 5) is 91.8. The van der Waals surface area contributed by atoms with Crippen molar-refractivity contribution in [2.24, 2.45) is 40.6 Å². The van der Waals surface area contributed by atoms with E-state index in [1.165, 1.54) is 52.4 Å². The van der Waals surface area contributed by atoms with Crippen LogP contribution in [0, 0.1) is 29.1 Å². The van der Waals surface area contributed by atoms with Crippen LogP contribution >= 0.6 is 0 Å². The summed E-state index contributed by atoms with van der Waals surface area (Å²) >= 11 is 0. The lowest BCUT2D eigenvalue weighted by Crippen LogP contribution is -2.65. The molecule has 0 radical (unpaired) electrons. The van der Waals surface area contributed by atoms with Gasteiger partial charge in [-0.3, -0.25) is 33.6 Å². The van der Waals surface area contributed by atoms with Gasteiger partial charge in [-0.25, -0.2) is 0 Å². The average Bonchev–Trinajstić information content (AvgIpc) is 3.58. The Bertz CT molecular complexity index is 1540. The van der Waals surface area contributed by atoms with Crippen molar-refractivity contribution in [3.8, 4) is 0 Å². The predicted octanol–water partition coefficient (Wildman–Crippen LogP) is 6.25. The summed E-state index contributed by atoms with van der Waals surface area (Å²) < 4.78 is 12.9. The second kappa shape index (κ2) is 26.2. The number of hydrogen-bond donors (Lipinski definition) is 5. The smallest absolute Gasteiger partial charge is 0.405 e. The average molecular weight is 887 g/mol. The van der Waals surface area contributed by atoms with Gasteiger partial charge in [0.05, 0.1) is 30.3 Å². The number of amides is 3. The van der Waals surface area contributed by atoms with Crippen LogP contribution in [-0.4, -0.2) is 89.5 Å². The van der Waals surface area contributed by atoms with Crippen LogP contribution in [0.4, 0.5) is 0 Å². The third-order valence-corrected chi connectivity index (χ3v) is 14.5. The number of rotatable bonds is 34. The highest BCUT2D eigenvalue weighted by Gasteiger charge is 2.68. The third-order valence-electron chi connectivity index (χ3n) is 14.5. The third kappa shape index (κ3) is 16.4. The van der Waals surface area contributed by atoms with Gasteiger partial charge in [0.2, 0.25) is 17.7 Å². The molecule has 63 heavy (non-hydrogen) atoms. The lowest BCUT2D eigenvalue weighted by atomic mass is 9.43. The number of Topliss-reactive ketones (excluding diaryl/α,β-unsaturated/α-hetero) is 4. The van der Waals surface area contributed by atoms with Crippen LogP contribution in [0.15, 0.2) is 0 Å². The highest BCUT2D eigenvalue weighted by Crippen LogP contribution is 2.66. The number of ketones is 4. The minimum Gasteiger partial charge on any atom is -0.405 e. The molecule has 14 nitrogen and oxygen atoms in total. The van der Waals surface area contributed by atoms with Crippen molar-refractivity contribution < 1.29 is 48.0 Å². The summed E-state index contributed by atoms with van der Waals surface area (Å²) in [6.07, 6.45) is 13.2. The SMILES string of the molecule is CCCCCCCCCCCC(=O)CCCC(=O)C[C@@H](CCCCN)C(=O)N[C@H](C(=O)C[C@@H](C)C(=O)N[C@@H](CC(N)=O)C(=O)C[C@@H](C)B1OC2C[C@@H]3C[C@@H](C3(C)C)[C@]2(C)O1)C(C)O. The molecule has 3 amide bonds. The predicted molar refractivity (Wildman–Crippen MR) is 244 cm³/mol. The first-order valence-electron chi connectivity index (χ1n) is 24.4. The monoisotopic (exact) mass is 887 g/mol. The fourth-order valence-corrected chi connectivity index (χ4v) is 10.2. The number of primary amides is 1. The van der Waals surface area contributed by atoms with Crippen LogP contribution in [0.2, 0.25) is 5.82 Å². The van der Waals surface area contributed by atoms with E-state index in [-0.39, 0.29) is 54.6 Å². The van der Waals surface area contributed by atoms with E-state index in [0.29, 0.717) is 56.9 Å². The Kier molecular flexibility index (Phi) is 22.6. The number of nitrogens with one attached hydrogen (secondary N) is 2. The zero-order chi connectivity index (χ0) is 46.9. The second-order valence-corrected chi connectivity index (χ2v) is 20.2. The maximum absolute atomic E-state index is 13.6. The molecule has 358 valence electrons. The summed E-state index contributed by atoms with van der Waals surface area (Å²) in [6.45, 7) is 13.9. The van der Waals surface area contributed by atoms with Crippen molar-refractivity contribution in [1.29, 1.82) is 0 Å². The molecule has 3 aliphatic carbocycles. The van der Waals surface area contributed by atoms with E-state index in [0.717, 1.165) is 32.1 Å². The second-order valence-electron chi connectivity index (χ2n) is 20.2. The first-order chi connectivity index (χ1) is 29.7. The fourth-order valence-electron chi connectivity index (χ4n) is 10.2. The number of carbonyl (C=O) groups is 7. The first kappa shape index (κ1) is 54.3. The van der Waals surface area contributed by atoms with Gasteiger partial charge in [0, 0.05) is 50.4 Å². The van der Waals surface area contributed by atoms with Gasteiger partial charge in [-0.2, -0.15) is 0 Å². The standard InChI is InChI=1S/C48H83BN4O10/c1-8-9-10-11-12-13-14-15-16-21-36(55)22-19-23-37(56)27-34(20-17-18-24-50)46(61)53-44(33(4)54)40(58)25-31(2)45(60)52-38(30-43(51)59)39(57)26-32(3)49-62-42-29-35-28-41(47(35,5)6)48(42,7)63-49/h31-35,38,41-42,44,54H,8-30,50H2,1-7H3,(H2,51,59)(H,52,60)(H,53,61)/t31-,32-,33?,34-,35+,38+,41+,42?,44+,48+/m1/s1. The van der Waals surface area contributed by atoms with Crippen LogP contribution < -0.4 is 22.1 Å². The molecule has 0 spiro atoms. The van der Waals surface area contributed by atoms with Gasteiger partial charge < -0.3 is 36.5 Å². The van der Waals surface area contributed by atoms with Crippen LogP contribution in [0.3, 0.4) is 0 Å². The fraction of sp³-hybridized carbons (Fsp3) is 0.854.